The first-order chi connectivity index (χ1) is 12.5. The van der Waals surface area contributed by atoms with Gasteiger partial charge in [-0.25, -0.2) is 0 Å². The number of carbonyl (C=O) groups is 1. The zero-order valence-corrected chi connectivity index (χ0v) is 13.7. The predicted molar refractivity (Wildman–Crippen MR) is 90.8 cm³/mol. The molecule has 0 bridgehead atoms. The normalized spacial score (nSPS) is 14.3. The molecule has 0 unspecified atom stereocenters. The van der Waals surface area contributed by atoms with E-state index < -0.39 is 9.85 Å². The molecule has 11 heteroatoms. The molecule has 0 atom stereocenters. The maximum atomic E-state index is 12.3. The van der Waals surface area contributed by atoms with Crippen LogP contribution < -0.4 is 4.90 Å². The molecule has 0 N–H and O–H groups in total. The molecule has 1 fully saturated rings. The lowest BCUT2D eigenvalue weighted by molar-refractivity contribution is -0.389. The molecular weight excluding hydrogens is 344 g/mol. The summed E-state index contributed by atoms with van der Waals surface area (Å²) in [6, 6.07) is 6.51. The molecule has 1 aliphatic heterocycles. The van der Waals surface area contributed by atoms with E-state index in [1.807, 2.05) is 4.90 Å². The highest BCUT2D eigenvalue weighted by atomic mass is 16.6. The Bertz CT molecular complexity index is 843. The minimum atomic E-state index is -0.619. The summed E-state index contributed by atoms with van der Waals surface area (Å²) in [5, 5.41) is 21.8. The summed E-state index contributed by atoms with van der Waals surface area (Å²) in [6.07, 6.45) is 2.46. The summed E-state index contributed by atoms with van der Waals surface area (Å²) in [7, 11) is 0. The number of anilines is 1. The second-order valence-electron chi connectivity index (χ2n) is 5.77. The number of hydrogen-bond acceptors (Lipinski definition) is 7. The van der Waals surface area contributed by atoms with Crippen molar-refractivity contribution < 1.29 is 14.6 Å². The molecule has 2 aromatic rings. The molecule has 1 aromatic carbocycles. The summed E-state index contributed by atoms with van der Waals surface area (Å²) >= 11 is 0. The summed E-state index contributed by atoms with van der Waals surface area (Å²) < 4.78 is 1.37. The molecular formula is C15H16N6O5. The summed E-state index contributed by atoms with van der Waals surface area (Å²) in [6.45, 7) is 1.75. The van der Waals surface area contributed by atoms with Gasteiger partial charge < -0.3 is 24.5 Å². The lowest BCUT2D eigenvalue weighted by Crippen LogP contribution is -2.49. The Morgan fingerprint density at radius 1 is 1.08 bits per heavy atom. The van der Waals surface area contributed by atoms with Crippen molar-refractivity contribution in [2.24, 2.45) is 0 Å². The molecule has 0 aliphatic carbocycles. The van der Waals surface area contributed by atoms with Crippen LogP contribution in [0.5, 0.6) is 0 Å². The minimum absolute atomic E-state index is 0.0354. The van der Waals surface area contributed by atoms with E-state index in [0.29, 0.717) is 31.9 Å². The Hall–Kier alpha value is -3.50. The van der Waals surface area contributed by atoms with Crippen LogP contribution in [0.15, 0.2) is 36.8 Å². The van der Waals surface area contributed by atoms with Gasteiger partial charge in [0.1, 0.15) is 18.4 Å². The van der Waals surface area contributed by atoms with Crippen LogP contribution in [0.4, 0.5) is 17.2 Å². The number of para-hydroxylation sites is 2. The molecule has 2 heterocycles. The standard InChI is InChI=1S/C15H16N6O5/c22-15(10-17-9-14(16-11-17)21(25)26)19-7-5-18(6-8-19)12-3-1-2-4-13(12)20(23)24/h1-4,9,11H,5-8,10H2. The quantitative estimate of drug-likeness (QED) is 0.576. The van der Waals surface area contributed by atoms with Gasteiger partial charge in [-0.15, -0.1) is 0 Å². The molecule has 136 valence electrons. The molecule has 3 rings (SSSR count). The number of amides is 1. The lowest BCUT2D eigenvalue weighted by atomic mass is 10.2. The number of hydrogen-bond donors (Lipinski definition) is 0. The van der Waals surface area contributed by atoms with E-state index in [-0.39, 0.29) is 24.0 Å². The third-order valence-electron chi connectivity index (χ3n) is 4.18. The Morgan fingerprint density at radius 2 is 1.77 bits per heavy atom. The Balaban J connectivity index is 1.60. The van der Waals surface area contributed by atoms with Gasteiger partial charge in [-0.1, -0.05) is 12.1 Å². The van der Waals surface area contributed by atoms with Gasteiger partial charge in [0.15, 0.2) is 0 Å². The van der Waals surface area contributed by atoms with Crippen molar-refractivity contribution in [3.8, 4) is 0 Å². The zero-order valence-electron chi connectivity index (χ0n) is 13.7. The van der Waals surface area contributed by atoms with Crippen LogP contribution in [-0.2, 0) is 11.3 Å². The van der Waals surface area contributed by atoms with Crippen molar-refractivity contribution >= 4 is 23.1 Å². The van der Waals surface area contributed by atoms with Crippen LogP contribution in [0, 0.1) is 20.2 Å². The maximum Gasteiger partial charge on any atom is 0.381 e. The highest BCUT2D eigenvalue weighted by Crippen LogP contribution is 2.28. The first-order valence-corrected chi connectivity index (χ1v) is 7.88. The number of nitro groups is 2. The van der Waals surface area contributed by atoms with Gasteiger partial charge >= 0.3 is 5.82 Å². The summed E-state index contributed by atoms with van der Waals surface area (Å²) in [5.74, 6) is -0.487. The van der Waals surface area contributed by atoms with Gasteiger partial charge in [0.25, 0.3) is 5.69 Å². The SMILES string of the molecule is O=C(Cn1cnc([N+](=O)[O-])c1)N1CCN(c2ccccc2[N+](=O)[O-])CC1. The van der Waals surface area contributed by atoms with Gasteiger partial charge in [0.2, 0.25) is 12.2 Å². The molecule has 1 saturated heterocycles. The third kappa shape index (κ3) is 3.61. The molecule has 11 nitrogen and oxygen atoms in total. The molecule has 0 spiro atoms. The van der Waals surface area contributed by atoms with Crippen molar-refractivity contribution in [1.29, 1.82) is 0 Å². The molecule has 1 amide bonds. The molecule has 26 heavy (non-hydrogen) atoms. The Morgan fingerprint density at radius 3 is 2.38 bits per heavy atom. The van der Waals surface area contributed by atoms with E-state index in [1.165, 1.54) is 23.2 Å². The van der Waals surface area contributed by atoms with Gasteiger partial charge in [-0.3, -0.25) is 14.9 Å². The van der Waals surface area contributed by atoms with Crippen LogP contribution in [-0.4, -0.2) is 56.4 Å². The molecule has 1 aromatic heterocycles. The number of piperazine rings is 1. The first kappa shape index (κ1) is 17.3. The summed E-state index contributed by atoms with van der Waals surface area (Å²) in [5.41, 5.74) is 0.577. The topological polar surface area (TPSA) is 128 Å². The number of benzene rings is 1. The van der Waals surface area contributed by atoms with Gasteiger partial charge in [-0.05, 0) is 16.0 Å². The minimum Gasteiger partial charge on any atom is -0.362 e. The number of carbonyl (C=O) groups excluding carboxylic acids is 1. The van der Waals surface area contributed by atoms with E-state index in [1.54, 1.807) is 23.1 Å². The number of nitrogens with zero attached hydrogens (tertiary/aromatic N) is 6. The Labute approximate surface area is 147 Å². The highest BCUT2D eigenvalue weighted by molar-refractivity contribution is 5.76. The predicted octanol–water partition coefficient (Wildman–Crippen LogP) is 1.05. The fraction of sp³-hybridized carbons (Fsp3) is 0.333. The average Bonchev–Trinajstić information content (AvgIpc) is 3.10. The smallest absolute Gasteiger partial charge is 0.362 e. The zero-order chi connectivity index (χ0) is 18.7. The number of imidazole rings is 1. The fourth-order valence-corrected chi connectivity index (χ4v) is 2.87. The number of rotatable bonds is 5. The molecule has 1 aliphatic rings. The van der Waals surface area contributed by atoms with Crippen LogP contribution in [0.3, 0.4) is 0 Å². The monoisotopic (exact) mass is 360 g/mol. The van der Waals surface area contributed by atoms with E-state index in [4.69, 9.17) is 0 Å². The second-order valence-corrected chi connectivity index (χ2v) is 5.77. The van der Waals surface area contributed by atoms with E-state index in [9.17, 15) is 25.0 Å². The van der Waals surface area contributed by atoms with Crippen LogP contribution in [0.2, 0.25) is 0 Å². The van der Waals surface area contributed by atoms with E-state index in [2.05, 4.69) is 4.98 Å². The highest BCUT2D eigenvalue weighted by Gasteiger charge is 2.25. The maximum absolute atomic E-state index is 12.3. The first-order valence-electron chi connectivity index (χ1n) is 7.88. The van der Waals surface area contributed by atoms with Crippen LogP contribution >= 0.6 is 0 Å². The third-order valence-corrected chi connectivity index (χ3v) is 4.18. The Kier molecular flexibility index (Phi) is 4.78. The number of aromatic nitrogens is 2. The van der Waals surface area contributed by atoms with Gasteiger partial charge in [0, 0.05) is 32.2 Å². The lowest BCUT2D eigenvalue weighted by Gasteiger charge is -2.35. The van der Waals surface area contributed by atoms with Crippen molar-refractivity contribution in [2.75, 3.05) is 31.1 Å². The molecule has 0 saturated carbocycles. The van der Waals surface area contributed by atoms with E-state index in [0.717, 1.165) is 0 Å². The van der Waals surface area contributed by atoms with Crippen molar-refractivity contribution in [2.45, 2.75) is 6.54 Å². The van der Waals surface area contributed by atoms with Gasteiger partial charge in [-0.2, -0.15) is 0 Å². The van der Waals surface area contributed by atoms with Gasteiger partial charge in [0.05, 0.1) is 4.92 Å². The second kappa shape index (κ2) is 7.17. The largest absolute Gasteiger partial charge is 0.381 e. The summed E-state index contributed by atoms with van der Waals surface area (Å²) in [4.78, 5) is 40.2. The van der Waals surface area contributed by atoms with Crippen molar-refractivity contribution in [3.05, 3.63) is 57.0 Å². The van der Waals surface area contributed by atoms with Crippen molar-refractivity contribution in [3.63, 3.8) is 0 Å². The van der Waals surface area contributed by atoms with Crippen LogP contribution in [0.25, 0.3) is 0 Å². The van der Waals surface area contributed by atoms with Crippen molar-refractivity contribution in [1.82, 2.24) is 14.5 Å². The fourth-order valence-electron chi connectivity index (χ4n) is 2.87. The van der Waals surface area contributed by atoms with E-state index >= 15 is 0 Å². The average molecular weight is 360 g/mol. The number of nitro benzene ring substituents is 1. The van der Waals surface area contributed by atoms with Crippen LogP contribution in [0.1, 0.15) is 0 Å². The molecule has 0 radical (unpaired) electrons.